The van der Waals surface area contributed by atoms with Gasteiger partial charge in [-0.25, -0.2) is 9.48 Å². The summed E-state index contributed by atoms with van der Waals surface area (Å²) in [5.41, 5.74) is 2.52. The van der Waals surface area contributed by atoms with Gasteiger partial charge in [-0.05, 0) is 18.1 Å². The van der Waals surface area contributed by atoms with E-state index in [-0.39, 0.29) is 29.4 Å². The van der Waals surface area contributed by atoms with Crippen LogP contribution in [0.5, 0.6) is 0 Å². The quantitative estimate of drug-likeness (QED) is 0.462. The molecule has 2 aromatic carbocycles. The van der Waals surface area contributed by atoms with Crippen LogP contribution in [0.15, 0.2) is 66.7 Å². The molecule has 1 saturated heterocycles. The first-order valence-corrected chi connectivity index (χ1v) is 11.5. The molecule has 3 amide bonds. The second kappa shape index (κ2) is 9.69. The number of rotatable bonds is 5. The molecule has 34 heavy (non-hydrogen) atoms. The van der Waals surface area contributed by atoms with Crippen LogP contribution in [0, 0.1) is 0 Å². The topological polar surface area (TPSA) is 100 Å². The number of carbonyl (C=O) groups excluding carboxylic acids is 2. The van der Waals surface area contributed by atoms with E-state index in [1.807, 2.05) is 73.7 Å². The molecule has 0 aliphatic carbocycles. The van der Waals surface area contributed by atoms with E-state index < -0.39 is 6.29 Å². The molecule has 0 saturated carbocycles. The lowest BCUT2D eigenvalue weighted by atomic mass is 9.92. The molecule has 0 bridgehead atoms. The summed E-state index contributed by atoms with van der Waals surface area (Å²) in [5, 5.41) is 17.0. The van der Waals surface area contributed by atoms with Crippen molar-refractivity contribution in [1.29, 1.82) is 0 Å². The Morgan fingerprint density at radius 1 is 1.06 bits per heavy atom. The molecule has 1 aliphatic rings. The summed E-state index contributed by atoms with van der Waals surface area (Å²) in [6, 6.07) is 20.8. The molecule has 1 fully saturated rings. The van der Waals surface area contributed by atoms with Gasteiger partial charge in [-0.2, -0.15) is 5.10 Å². The van der Waals surface area contributed by atoms with Gasteiger partial charge in [0.2, 0.25) is 5.91 Å². The molecule has 2 unspecified atom stereocenters. The van der Waals surface area contributed by atoms with Crippen molar-refractivity contribution in [3.63, 3.8) is 0 Å². The first kappa shape index (κ1) is 23.5. The van der Waals surface area contributed by atoms with Crippen molar-refractivity contribution in [2.75, 3.05) is 5.32 Å². The summed E-state index contributed by atoms with van der Waals surface area (Å²) >= 11 is 0. The maximum atomic E-state index is 13.2. The highest BCUT2D eigenvalue weighted by Crippen LogP contribution is 2.27. The minimum atomic E-state index is -0.554. The average molecular weight is 461 g/mol. The van der Waals surface area contributed by atoms with Crippen molar-refractivity contribution in [2.45, 2.75) is 57.9 Å². The number of hydrogen-bond donors (Lipinski definition) is 4. The van der Waals surface area contributed by atoms with E-state index in [1.54, 1.807) is 4.68 Å². The Bertz CT molecular complexity index is 1100. The highest BCUT2D eigenvalue weighted by atomic mass is 16.2. The zero-order valence-corrected chi connectivity index (χ0v) is 20.0. The first-order chi connectivity index (χ1) is 16.2. The number of aromatic nitrogens is 2. The predicted octanol–water partition coefficient (Wildman–Crippen LogP) is 4.05. The fourth-order valence-electron chi connectivity index (χ4n) is 3.98. The normalized spacial score (nSPS) is 18.4. The standard InChI is InChI=1S/C26H32N6O2/c1-17-15-22(33)29-24(27-17)32-21(16-20(31-32)26(2,3)4)28-25(34)30-23(18-11-7-5-8-12-18)19-13-9-6-10-14-19/h5-14,16-17,23-24,27H,15H2,1-4H3,(H,29,33)(H2,28,30,34). The molecule has 4 rings (SSSR count). The Hall–Kier alpha value is -3.65. The third-order valence-corrected chi connectivity index (χ3v) is 5.76. The van der Waals surface area contributed by atoms with Gasteiger partial charge in [0.15, 0.2) is 6.29 Å². The van der Waals surface area contributed by atoms with Crippen molar-refractivity contribution < 1.29 is 9.59 Å². The maximum absolute atomic E-state index is 13.2. The van der Waals surface area contributed by atoms with Gasteiger partial charge in [0.1, 0.15) is 5.82 Å². The number of urea groups is 1. The van der Waals surface area contributed by atoms with Gasteiger partial charge >= 0.3 is 6.03 Å². The van der Waals surface area contributed by atoms with Gasteiger partial charge in [-0.15, -0.1) is 0 Å². The Morgan fingerprint density at radius 3 is 2.18 bits per heavy atom. The molecule has 0 radical (unpaired) electrons. The molecule has 8 heteroatoms. The maximum Gasteiger partial charge on any atom is 0.321 e. The van der Waals surface area contributed by atoms with E-state index >= 15 is 0 Å². The minimum absolute atomic E-state index is 0.0109. The molecule has 1 aromatic heterocycles. The highest BCUT2D eigenvalue weighted by Gasteiger charge is 2.29. The number of nitrogens with zero attached hydrogens (tertiary/aromatic N) is 2. The highest BCUT2D eigenvalue weighted by molar-refractivity contribution is 5.89. The fourth-order valence-corrected chi connectivity index (χ4v) is 3.98. The van der Waals surface area contributed by atoms with E-state index in [2.05, 4.69) is 42.0 Å². The van der Waals surface area contributed by atoms with Crippen LogP contribution in [0.2, 0.25) is 0 Å². The SMILES string of the molecule is CC1CC(=O)NC(n2nc(C(C)(C)C)cc2NC(=O)NC(c2ccccc2)c2ccccc2)N1. The monoisotopic (exact) mass is 460 g/mol. The van der Waals surface area contributed by atoms with Gasteiger partial charge in [0, 0.05) is 23.9 Å². The Kier molecular flexibility index (Phi) is 6.70. The Labute approximate surface area is 200 Å². The van der Waals surface area contributed by atoms with Crippen LogP contribution in [-0.4, -0.2) is 27.8 Å². The number of hydrogen-bond acceptors (Lipinski definition) is 4. The zero-order valence-electron chi connectivity index (χ0n) is 20.0. The van der Waals surface area contributed by atoms with E-state index in [0.717, 1.165) is 16.8 Å². The summed E-state index contributed by atoms with van der Waals surface area (Å²) in [6.45, 7) is 8.11. The van der Waals surface area contributed by atoms with Crippen LogP contribution in [-0.2, 0) is 10.2 Å². The van der Waals surface area contributed by atoms with E-state index in [9.17, 15) is 9.59 Å². The van der Waals surface area contributed by atoms with E-state index in [0.29, 0.717) is 12.2 Å². The molecule has 3 aromatic rings. The summed E-state index contributed by atoms with van der Waals surface area (Å²) in [7, 11) is 0. The third-order valence-electron chi connectivity index (χ3n) is 5.76. The predicted molar refractivity (Wildman–Crippen MR) is 132 cm³/mol. The van der Waals surface area contributed by atoms with E-state index in [1.165, 1.54) is 0 Å². The summed E-state index contributed by atoms with van der Waals surface area (Å²) in [6.07, 6.45) is -0.162. The molecule has 178 valence electrons. The average Bonchev–Trinajstić information content (AvgIpc) is 3.22. The molecule has 8 nitrogen and oxygen atoms in total. The smallest absolute Gasteiger partial charge is 0.321 e. The summed E-state index contributed by atoms with van der Waals surface area (Å²) in [5.74, 6) is 0.432. The van der Waals surface area contributed by atoms with E-state index in [4.69, 9.17) is 5.10 Å². The third kappa shape index (κ3) is 5.46. The van der Waals surface area contributed by atoms with Crippen molar-refractivity contribution in [3.8, 4) is 0 Å². The summed E-state index contributed by atoms with van der Waals surface area (Å²) in [4.78, 5) is 25.4. The lowest BCUT2D eigenvalue weighted by molar-refractivity contribution is -0.125. The molecule has 0 spiro atoms. The molecule has 1 aliphatic heterocycles. The number of carbonyl (C=O) groups is 2. The Morgan fingerprint density at radius 2 is 1.65 bits per heavy atom. The molecular weight excluding hydrogens is 428 g/mol. The zero-order chi connectivity index (χ0) is 24.3. The lowest BCUT2D eigenvalue weighted by Crippen LogP contribution is -2.52. The van der Waals surface area contributed by atoms with Crippen LogP contribution in [0.25, 0.3) is 0 Å². The van der Waals surface area contributed by atoms with Crippen LogP contribution in [0.4, 0.5) is 10.6 Å². The largest absolute Gasteiger partial charge is 0.327 e. The fraction of sp³-hybridized carbons (Fsp3) is 0.346. The lowest BCUT2D eigenvalue weighted by Gasteiger charge is -2.30. The number of anilines is 1. The molecular formula is C26H32N6O2. The minimum Gasteiger partial charge on any atom is -0.327 e. The molecule has 4 N–H and O–H groups in total. The van der Waals surface area contributed by atoms with Crippen molar-refractivity contribution in [3.05, 3.63) is 83.6 Å². The van der Waals surface area contributed by atoms with Crippen LogP contribution >= 0.6 is 0 Å². The van der Waals surface area contributed by atoms with Crippen LogP contribution in [0.3, 0.4) is 0 Å². The molecule has 2 heterocycles. The van der Waals surface area contributed by atoms with Gasteiger partial charge in [0.05, 0.1) is 11.7 Å². The van der Waals surface area contributed by atoms with Gasteiger partial charge in [-0.3, -0.25) is 15.4 Å². The number of nitrogens with one attached hydrogen (secondary N) is 4. The second-order valence-corrected chi connectivity index (χ2v) is 9.70. The summed E-state index contributed by atoms with van der Waals surface area (Å²) < 4.78 is 1.63. The van der Waals surface area contributed by atoms with Gasteiger partial charge in [0.25, 0.3) is 0 Å². The molecule has 2 atom stereocenters. The van der Waals surface area contributed by atoms with Crippen molar-refractivity contribution in [1.82, 2.24) is 25.7 Å². The van der Waals surface area contributed by atoms with Crippen LogP contribution in [0.1, 0.15) is 63.3 Å². The second-order valence-electron chi connectivity index (χ2n) is 9.70. The van der Waals surface area contributed by atoms with Gasteiger partial charge in [-0.1, -0.05) is 81.4 Å². The van der Waals surface area contributed by atoms with Crippen molar-refractivity contribution >= 4 is 17.8 Å². The number of benzene rings is 2. The van der Waals surface area contributed by atoms with Crippen LogP contribution < -0.4 is 21.3 Å². The number of amides is 3. The Balaban J connectivity index is 1.61. The van der Waals surface area contributed by atoms with Crippen molar-refractivity contribution in [2.24, 2.45) is 0 Å². The first-order valence-electron chi connectivity index (χ1n) is 11.5. The van der Waals surface area contributed by atoms with Gasteiger partial charge < -0.3 is 10.6 Å².